The first-order chi connectivity index (χ1) is 10.7. The molecule has 0 amide bonds. The lowest BCUT2D eigenvalue weighted by Crippen LogP contribution is -1.88. The average molecular weight is 329 g/mol. The lowest BCUT2D eigenvalue weighted by atomic mass is 10.2. The maximum absolute atomic E-state index is 6.05. The summed E-state index contributed by atoms with van der Waals surface area (Å²) >= 11 is 12.0. The molecule has 0 aliphatic rings. The van der Waals surface area contributed by atoms with Gasteiger partial charge in [-0.1, -0.05) is 23.2 Å². The van der Waals surface area contributed by atoms with Gasteiger partial charge in [-0.25, -0.2) is 4.98 Å². The molecule has 0 atom stereocenters. The van der Waals surface area contributed by atoms with Crippen molar-refractivity contribution >= 4 is 34.3 Å². The van der Waals surface area contributed by atoms with E-state index in [1.54, 1.807) is 12.1 Å². The summed E-state index contributed by atoms with van der Waals surface area (Å²) in [6.07, 6.45) is 3.97. The molecular formula is C17H10Cl2N2O. The monoisotopic (exact) mass is 328 g/mol. The zero-order valence-corrected chi connectivity index (χ0v) is 12.8. The SMILES string of the molecule is Clc1ccc(-c2nc3cc(-n4cccc4)ccc3o2)cc1Cl. The summed E-state index contributed by atoms with van der Waals surface area (Å²) in [6, 6.07) is 15.2. The number of rotatable bonds is 2. The van der Waals surface area contributed by atoms with Crippen molar-refractivity contribution in [1.82, 2.24) is 9.55 Å². The minimum atomic E-state index is 0.481. The molecule has 5 heteroatoms. The minimum absolute atomic E-state index is 0.481. The van der Waals surface area contributed by atoms with E-state index in [1.165, 1.54) is 0 Å². The Morgan fingerprint density at radius 2 is 1.73 bits per heavy atom. The van der Waals surface area contributed by atoms with Crippen molar-refractivity contribution in [1.29, 1.82) is 0 Å². The zero-order valence-electron chi connectivity index (χ0n) is 11.3. The van der Waals surface area contributed by atoms with Crippen molar-refractivity contribution in [2.75, 3.05) is 0 Å². The number of halogens is 2. The fraction of sp³-hybridized carbons (Fsp3) is 0. The van der Waals surface area contributed by atoms with Crippen molar-refractivity contribution in [2.45, 2.75) is 0 Å². The van der Waals surface area contributed by atoms with Crippen LogP contribution in [-0.2, 0) is 0 Å². The third-order valence-electron chi connectivity index (χ3n) is 3.44. The molecule has 0 N–H and O–H groups in total. The Labute approximate surface area is 136 Å². The van der Waals surface area contributed by atoms with Crippen LogP contribution in [0.15, 0.2) is 65.3 Å². The van der Waals surface area contributed by atoms with Crippen LogP contribution in [0, 0.1) is 0 Å². The Morgan fingerprint density at radius 1 is 0.909 bits per heavy atom. The van der Waals surface area contributed by atoms with Gasteiger partial charge in [0.2, 0.25) is 5.89 Å². The highest BCUT2D eigenvalue weighted by Crippen LogP contribution is 2.30. The molecule has 3 nitrogen and oxygen atoms in total. The van der Waals surface area contributed by atoms with Crippen LogP contribution in [0.3, 0.4) is 0 Å². The third kappa shape index (κ3) is 2.28. The molecule has 4 aromatic rings. The fourth-order valence-corrected chi connectivity index (χ4v) is 2.63. The summed E-state index contributed by atoms with van der Waals surface area (Å²) in [5, 5.41) is 0.992. The van der Waals surface area contributed by atoms with Crippen LogP contribution in [0.25, 0.3) is 28.2 Å². The summed E-state index contributed by atoms with van der Waals surface area (Å²) in [4.78, 5) is 4.54. The van der Waals surface area contributed by atoms with Crippen LogP contribution < -0.4 is 0 Å². The molecular weight excluding hydrogens is 319 g/mol. The van der Waals surface area contributed by atoms with E-state index in [0.29, 0.717) is 15.9 Å². The van der Waals surface area contributed by atoms with Crippen molar-refractivity contribution in [2.24, 2.45) is 0 Å². The first-order valence-corrected chi connectivity index (χ1v) is 7.46. The third-order valence-corrected chi connectivity index (χ3v) is 4.18. The molecule has 0 spiro atoms. The normalized spacial score (nSPS) is 11.2. The number of hydrogen-bond donors (Lipinski definition) is 0. The molecule has 2 aromatic carbocycles. The Kier molecular flexibility index (Phi) is 3.17. The van der Waals surface area contributed by atoms with E-state index in [2.05, 4.69) is 4.98 Å². The molecule has 4 rings (SSSR count). The molecule has 0 radical (unpaired) electrons. The summed E-state index contributed by atoms with van der Waals surface area (Å²) in [6.45, 7) is 0. The molecule has 2 aromatic heterocycles. The standard InChI is InChI=1S/C17H10Cl2N2O/c18-13-5-3-11(9-14(13)19)17-20-15-10-12(4-6-16(15)22-17)21-7-1-2-8-21/h1-10H. The molecule has 0 saturated heterocycles. The summed E-state index contributed by atoms with van der Waals surface area (Å²) in [5.74, 6) is 0.526. The van der Waals surface area contributed by atoms with E-state index >= 15 is 0 Å². The topological polar surface area (TPSA) is 31.0 Å². The van der Waals surface area contributed by atoms with E-state index in [-0.39, 0.29) is 0 Å². The van der Waals surface area contributed by atoms with Gasteiger partial charge in [-0.05, 0) is 48.5 Å². The van der Waals surface area contributed by atoms with E-state index in [0.717, 1.165) is 22.4 Å². The quantitative estimate of drug-likeness (QED) is 0.480. The fourth-order valence-electron chi connectivity index (χ4n) is 2.34. The van der Waals surface area contributed by atoms with Gasteiger partial charge in [0.25, 0.3) is 0 Å². The average Bonchev–Trinajstić information content (AvgIpc) is 3.17. The number of benzene rings is 2. The lowest BCUT2D eigenvalue weighted by molar-refractivity contribution is 0.620. The van der Waals surface area contributed by atoms with Gasteiger partial charge in [0.1, 0.15) is 5.52 Å². The Bertz CT molecular complexity index is 958. The molecule has 2 heterocycles. The van der Waals surface area contributed by atoms with Gasteiger partial charge in [0, 0.05) is 23.6 Å². The zero-order chi connectivity index (χ0) is 15.1. The highest BCUT2D eigenvalue weighted by atomic mass is 35.5. The van der Waals surface area contributed by atoms with Gasteiger partial charge < -0.3 is 8.98 Å². The van der Waals surface area contributed by atoms with Crippen molar-refractivity contribution in [3.8, 4) is 17.1 Å². The highest BCUT2D eigenvalue weighted by Gasteiger charge is 2.10. The predicted molar refractivity (Wildman–Crippen MR) is 88.8 cm³/mol. The van der Waals surface area contributed by atoms with Gasteiger partial charge in [-0.2, -0.15) is 0 Å². The summed E-state index contributed by atoms with van der Waals surface area (Å²) in [5.41, 5.74) is 3.36. The number of hydrogen-bond acceptors (Lipinski definition) is 2. The second kappa shape index (κ2) is 5.20. The number of oxazole rings is 1. The maximum Gasteiger partial charge on any atom is 0.227 e. The molecule has 0 bridgehead atoms. The summed E-state index contributed by atoms with van der Waals surface area (Å²) < 4.78 is 7.82. The van der Waals surface area contributed by atoms with Gasteiger partial charge in [-0.15, -0.1) is 0 Å². The van der Waals surface area contributed by atoms with Crippen LogP contribution in [0.5, 0.6) is 0 Å². The highest BCUT2D eigenvalue weighted by molar-refractivity contribution is 6.42. The lowest BCUT2D eigenvalue weighted by Gasteiger charge is -2.00. The molecule has 108 valence electrons. The van der Waals surface area contributed by atoms with Crippen molar-refractivity contribution in [3.63, 3.8) is 0 Å². The van der Waals surface area contributed by atoms with Crippen molar-refractivity contribution in [3.05, 3.63) is 71.0 Å². The van der Waals surface area contributed by atoms with E-state index in [9.17, 15) is 0 Å². The van der Waals surface area contributed by atoms with Crippen LogP contribution in [0.1, 0.15) is 0 Å². The van der Waals surface area contributed by atoms with Crippen LogP contribution in [0.4, 0.5) is 0 Å². The van der Waals surface area contributed by atoms with Crippen LogP contribution >= 0.6 is 23.2 Å². The van der Waals surface area contributed by atoms with E-state index < -0.39 is 0 Å². The summed E-state index contributed by atoms with van der Waals surface area (Å²) in [7, 11) is 0. The Morgan fingerprint density at radius 3 is 2.50 bits per heavy atom. The smallest absolute Gasteiger partial charge is 0.227 e. The van der Waals surface area contributed by atoms with Gasteiger partial charge >= 0.3 is 0 Å². The molecule has 0 aliphatic heterocycles. The number of aromatic nitrogens is 2. The molecule has 0 fully saturated rings. The number of fused-ring (bicyclic) bond motifs is 1. The number of nitrogens with zero attached hydrogens (tertiary/aromatic N) is 2. The van der Waals surface area contributed by atoms with E-state index in [1.807, 2.05) is 53.4 Å². The van der Waals surface area contributed by atoms with Gasteiger partial charge in [-0.3, -0.25) is 0 Å². The maximum atomic E-state index is 6.05. The molecule has 0 saturated carbocycles. The van der Waals surface area contributed by atoms with Crippen LogP contribution in [0.2, 0.25) is 10.0 Å². The molecule has 0 unspecified atom stereocenters. The first kappa shape index (κ1) is 13.4. The van der Waals surface area contributed by atoms with E-state index in [4.69, 9.17) is 27.6 Å². The Hall–Kier alpha value is -2.23. The van der Waals surface area contributed by atoms with Crippen molar-refractivity contribution < 1.29 is 4.42 Å². The van der Waals surface area contributed by atoms with Gasteiger partial charge in [0.15, 0.2) is 5.58 Å². The second-order valence-corrected chi connectivity index (χ2v) is 5.70. The second-order valence-electron chi connectivity index (χ2n) is 4.89. The van der Waals surface area contributed by atoms with Crippen LogP contribution in [-0.4, -0.2) is 9.55 Å². The molecule has 22 heavy (non-hydrogen) atoms. The predicted octanol–water partition coefficient (Wildman–Crippen LogP) is 5.59. The molecule has 0 aliphatic carbocycles. The largest absolute Gasteiger partial charge is 0.436 e. The first-order valence-electron chi connectivity index (χ1n) is 6.70. The Balaban J connectivity index is 1.81. The minimum Gasteiger partial charge on any atom is -0.436 e. The van der Waals surface area contributed by atoms with Gasteiger partial charge in [0.05, 0.1) is 10.0 Å².